The normalized spacial score (nSPS) is 16.6. The van der Waals surface area contributed by atoms with Crippen LogP contribution in [-0.4, -0.2) is 70.1 Å². The van der Waals surface area contributed by atoms with Crippen molar-refractivity contribution in [3.8, 4) is 0 Å². The zero-order chi connectivity index (χ0) is 30.5. The van der Waals surface area contributed by atoms with Gasteiger partial charge in [-0.05, 0) is 0 Å². The molecule has 0 aliphatic heterocycles. The maximum Gasteiger partial charge on any atom is 0.460 e. The number of alkyl halides is 20. The van der Waals surface area contributed by atoms with E-state index >= 15 is 0 Å². The maximum absolute atomic E-state index is 13.8. The number of ether oxygens (including phenoxy) is 1. The van der Waals surface area contributed by atoms with Crippen LogP contribution in [0.3, 0.4) is 0 Å². The van der Waals surface area contributed by atoms with E-state index < -0.39 is 82.9 Å². The molecule has 22 heteroatoms. The number of hydrogen-bond donors (Lipinski definition) is 0. The van der Waals surface area contributed by atoms with Gasteiger partial charge < -0.3 is 4.74 Å². The topological polar surface area (TPSA) is 26.3 Å². The van der Waals surface area contributed by atoms with E-state index in [0.29, 0.717) is 6.92 Å². The second-order valence-corrected chi connectivity index (χ2v) is 9.03. The fraction of sp³-hybridized carbons (Fsp3) is 0.933. The molecule has 0 aliphatic rings. The van der Waals surface area contributed by atoms with Gasteiger partial charge in [0.1, 0.15) is 6.61 Å². The van der Waals surface area contributed by atoms with Gasteiger partial charge in [0.15, 0.2) is 0 Å². The molecule has 0 aromatic carbocycles. The highest BCUT2D eigenvalue weighted by Crippen LogP contribution is 2.62. The third kappa shape index (κ3) is 6.21. The van der Waals surface area contributed by atoms with E-state index in [1.807, 2.05) is 0 Å². The zero-order valence-corrected chi connectivity index (χ0v) is 19.2. The first-order chi connectivity index (χ1) is 15.8. The predicted molar refractivity (Wildman–Crippen MR) is 89.3 cm³/mol. The zero-order valence-electron chi connectivity index (χ0n) is 17.1. The summed E-state index contributed by atoms with van der Waals surface area (Å²) in [5, 5.41) is 0. The number of hydrogen-bond acceptors (Lipinski definition) is 2. The molecule has 0 amide bonds. The largest absolute Gasteiger partial charge is 0.465 e. The van der Waals surface area contributed by atoms with Crippen molar-refractivity contribution in [1.82, 2.24) is 0 Å². The molecule has 0 bridgehead atoms. The summed E-state index contributed by atoms with van der Waals surface area (Å²) in [4.78, 5) is 10.5. The molecule has 0 spiro atoms. The average molecular weight is 710 g/mol. The highest BCUT2D eigenvalue weighted by atomic mass is 127. The van der Waals surface area contributed by atoms with Crippen molar-refractivity contribution in [3.63, 3.8) is 0 Å². The van der Waals surface area contributed by atoms with Gasteiger partial charge in [-0.2, -0.15) is 83.4 Å². The van der Waals surface area contributed by atoms with Crippen LogP contribution in [0.1, 0.15) is 19.8 Å². The lowest BCUT2D eigenvalue weighted by Crippen LogP contribution is -2.69. The Balaban J connectivity index is 6.38. The van der Waals surface area contributed by atoms with Gasteiger partial charge in [-0.25, -0.2) is 0 Å². The Morgan fingerprint density at radius 1 is 0.595 bits per heavy atom. The van der Waals surface area contributed by atoms with Gasteiger partial charge in [-0.1, -0.05) is 22.6 Å². The second-order valence-electron chi connectivity index (χ2n) is 7.26. The first-order valence-corrected chi connectivity index (χ1v) is 9.88. The van der Waals surface area contributed by atoms with Gasteiger partial charge in [-0.3, -0.25) is 4.79 Å². The molecule has 0 aliphatic carbocycles. The molecule has 0 saturated carbocycles. The van der Waals surface area contributed by atoms with Gasteiger partial charge in [0, 0.05) is 13.3 Å². The smallest absolute Gasteiger partial charge is 0.460 e. The number of rotatable bonds is 12. The fourth-order valence-corrected chi connectivity index (χ4v) is 2.97. The van der Waals surface area contributed by atoms with Crippen LogP contribution in [0.5, 0.6) is 0 Å². The molecule has 0 rings (SSSR count). The summed E-state index contributed by atoms with van der Waals surface area (Å²) in [6.45, 7) is -0.620. The van der Waals surface area contributed by atoms with Crippen LogP contribution in [0.2, 0.25) is 0 Å². The first kappa shape index (κ1) is 35.9. The Kier molecular flexibility index (Phi) is 9.81. The van der Waals surface area contributed by atoms with E-state index in [0.717, 1.165) is 22.6 Å². The molecule has 0 N–H and O–H groups in total. The van der Waals surface area contributed by atoms with Crippen molar-refractivity contribution in [1.29, 1.82) is 0 Å². The Morgan fingerprint density at radius 2 is 0.919 bits per heavy atom. The van der Waals surface area contributed by atoms with E-state index in [2.05, 4.69) is 4.74 Å². The molecule has 1 atom stereocenters. The Labute approximate surface area is 206 Å². The van der Waals surface area contributed by atoms with Crippen LogP contribution in [0.4, 0.5) is 83.4 Å². The van der Waals surface area contributed by atoms with Gasteiger partial charge >= 0.3 is 59.5 Å². The summed E-state index contributed by atoms with van der Waals surface area (Å²) >= 11 is 0.729. The molecule has 222 valence electrons. The summed E-state index contributed by atoms with van der Waals surface area (Å²) in [7, 11) is 0. The van der Waals surface area contributed by atoms with Gasteiger partial charge in [-0.15, -0.1) is 0 Å². The lowest BCUT2D eigenvalue weighted by Gasteiger charge is -2.41. The Hall–Kier alpha value is -1.13. The van der Waals surface area contributed by atoms with E-state index in [-0.39, 0.29) is 0 Å². The summed E-state index contributed by atoms with van der Waals surface area (Å²) in [6.07, 6.45) is -15.3. The molecule has 0 heterocycles. The molecule has 0 aromatic heterocycles. The van der Waals surface area contributed by atoms with Crippen molar-refractivity contribution in [2.45, 2.75) is 77.2 Å². The van der Waals surface area contributed by atoms with Gasteiger partial charge in [0.05, 0.1) is 10.3 Å². The van der Waals surface area contributed by atoms with E-state index in [1.165, 1.54) is 0 Å². The van der Waals surface area contributed by atoms with Crippen LogP contribution < -0.4 is 0 Å². The Morgan fingerprint density at radius 3 is 1.24 bits per heavy atom. The molecular weight excluding hydrogens is 700 g/mol. The number of halogens is 20. The van der Waals surface area contributed by atoms with E-state index in [9.17, 15) is 88.2 Å². The summed E-state index contributed by atoms with van der Waals surface area (Å²) < 4.78 is 253. The molecule has 0 saturated heterocycles. The van der Waals surface area contributed by atoms with Crippen molar-refractivity contribution in [2.24, 2.45) is 0 Å². The second kappa shape index (κ2) is 10.1. The monoisotopic (exact) mass is 710 g/mol. The quantitative estimate of drug-likeness (QED) is 0.0896. The van der Waals surface area contributed by atoms with Gasteiger partial charge in [0.25, 0.3) is 0 Å². The van der Waals surface area contributed by atoms with Crippen LogP contribution in [0.15, 0.2) is 0 Å². The molecule has 2 nitrogen and oxygen atoms in total. The SMILES string of the molecule is CC(=O)OCC(I)CC(F)(F)C(F)(F)C(F)(F)C(F)(F)C(F)(F)CC(F)(F)C(F)(F)C(F)(F)C(F)(F)F. The molecule has 0 fully saturated rings. The van der Waals surface area contributed by atoms with E-state index in [1.54, 1.807) is 0 Å². The summed E-state index contributed by atoms with van der Waals surface area (Å²) in [5.74, 6) is -63.0. The Bertz CT molecular complexity index is 819. The molecular formula is C15H10F19IO2. The molecule has 1 unspecified atom stereocenters. The van der Waals surface area contributed by atoms with Crippen LogP contribution in [0.25, 0.3) is 0 Å². The van der Waals surface area contributed by atoms with Crippen LogP contribution in [0, 0.1) is 0 Å². The minimum Gasteiger partial charge on any atom is -0.465 e. The van der Waals surface area contributed by atoms with Crippen molar-refractivity contribution in [3.05, 3.63) is 0 Å². The molecule has 37 heavy (non-hydrogen) atoms. The predicted octanol–water partition coefficient (Wildman–Crippen LogP) is 7.78. The molecule has 0 aromatic rings. The van der Waals surface area contributed by atoms with Crippen LogP contribution in [-0.2, 0) is 9.53 Å². The van der Waals surface area contributed by atoms with Gasteiger partial charge in [0.2, 0.25) is 0 Å². The number of carbonyl (C=O) groups excluding carboxylic acids is 1. The third-order valence-corrected chi connectivity index (χ3v) is 5.11. The first-order valence-electron chi connectivity index (χ1n) is 8.63. The number of carbonyl (C=O) groups is 1. The summed E-state index contributed by atoms with van der Waals surface area (Å²) in [5.41, 5.74) is 0. The highest BCUT2D eigenvalue weighted by Gasteiger charge is 2.89. The van der Waals surface area contributed by atoms with Crippen molar-refractivity contribution >= 4 is 28.6 Å². The minimum absolute atomic E-state index is 0.636. The van der Waals surface area contributed by atoms with E-state index in [4.69, 9.17) is 0 Å². The number of esters is 1. The van der Waals surface area contributed by atoms with Crippen molar-refractivity contribution in [2.75, 3.05) is 6.61 Å². The lowest BCUT2D eigenvalue weighted by molar-refractivity contribution is -0.424. The standard InChI is InChI=1S/C15H10F19IO2/c1-5(36)37-3-6(35)2-7(16,17)10(22,23)13(28,29)11(24,25)8(18,19)4-9(20,21)12(26,27)14(30,31)15(32,33)34/h6H,2-4H2,1H3. The third-order valence-electron chi connectivity index (χ3n) is 4.31. The minimum atomic E-state index is -8.18. The fourth-order valence-electron chi connectivity index (χ4n) is 2.24. The highest BCUT2D eigenvalue weighted by molar-refractivity contribution is 14.1. The van der Waals surface area contributed by atoms with Crippen LogP contribution >= 0.6 is 22.6 Å². The average Bonchev–Trinajstić information content (AvgIpc) is 2.63. The molecule has 0 radical (unpaired) electrons. The lowest BCUT2D eigenvalue weighted by atomic mass is 9.88. The maximum atomic E-state index is 13.8. The van der Waals surface area contributed by atoms with Crippen molar-refractivity contribution < 1.29 is 92.9 Å². The summed E-state index contributed by atoms with van der Waals surface area (Å²) in [6, 6.07) is 0.